The average Bonchev–Trinajstić information content (AvgIpc) is 2.61. The van der Waals surface area contributed by atoms with Crippen LogP contribution in [0.25, 0.3) is 22.3 Å². The molecular formula is C18H17FN4O2S. The van der Waals surface area contributed by atoms with Crippen molar-refractivity contribution in [2.75, 3.05) is 29.5 Å². The Morgan fingerprint density at radius 1 is 1.08 bits per heavy atom. The molecule has 0 bridgehead atoms. The fraction of sp³-hybridized carbons (Fsp3) is 0.278. The second-order valence-corrected chi connectivity index (χ2v) is 8.64. The van der Waals surface area contributed by atoms with E-state index in [1.165, 1.54) is 12.1 Å². The van der Waals surface area contributed by atoms with Crippen molar-refractivity contribution in [1.29, 1.82) is 0 Å². The quantitative estimate of drug-likeness (QED) is 0.687. The van der Waals surface area contributed by atoms with E-state index < -0.39 is 9.84 Å². The lowest BCUT2D eigenvalue weighted by molar-refractivity contribution is 0.586. The molecule has 0 saturated carbocycles. The van der Waals surface area contributed by atoms with E-state index in [1.54, 1.807) is 12.3 Å². The molecule has 3 heterocycles. The zero-order valence-corrected chi connectivity index (χ0v) is 15.0. The van der Waals surface area contributed by atoms with Crippen LogP contribution in [0.4, 0.5) is 10.2 Å². The van der Waals surface area contributed by atoms with Gasteiger partial charge in [-0.2, -0.15) is 0 Å². The normalized spacial score (nSPS) is 16.8. The van der Waals surface area contributed by atoms with Crippen LogP contribution in [0.5, 0.6) is 0 Å². The number of hydrogen-bond acceptors (Lipinski definition) is 6. The van der Waals surface area contributed by atoms with Crippen molar-refractivity contribution in [1.82, 2.24) is 15.0 Å². The lowest BCUT2D eigenvalue weighted by atomic mass is 10.1. The third-order valence-electron chi connectivity index (χ3n) is 4.52. The van der Waals surface area contributed by atoms with Crippen LogP contribution < -0.4 is 4.90 Å². The Bertz CT molecular complexity index is 1070. The molecule has 134 valence electrons. The highest BCUT2D eigenvalue weighted by Crippen LogP contribution is 2.23. The molecule has 8 heteroatoms. The molecule has 3 aromatic rings. The van der Waals surface area contributed by atoms with Crippen LogP contribution in [0, 0.1) is 12.7 Å². The average molecular weight is 372 g/mol. The molecule has 1 fully saturated rings. The number of aryl methyl sites for hydroxylation is 1. The predicted molar refractivity (Wildman–Crippen MR) is 98.3 cm³/mol. The highest BCUT2D eigenvalue weighted by Gasteiger charge is 2.22. The van der Waals surface area contributed by atoms with Crippen molar-refractivity contribution in [3.8, 4) is 11.4 Å². The molecule has 0 amide bonds. The summed E-state index contributed by atoms with van der Waals surface area (Å²) in [5.41, 5.74) is 2.06. The summed E-state index contributed by atoms with van der Waals surface area (Å²) in [6.07, 6.45) is 1.67. The fourth-order valence-corrected chi connectivity index (χ4v) is 4.24. The first-order chi connectivity index (χ1) is 12.4. The number of sulfone groups is 1. The molecular weight excluding hydrogens is 355 g/mol. The number of pyridine rings is 1. The topological polar surface area (TPSA) is 76.1 Å². The van der Waals surface area contributed by atoms with E-state index in [2.05, 4.69) is 15.0 Å². The number of fused-ring (bicyclic) bond motifs is 1. The van der Waals surface area contributed by atoms with Crippen LogP contribution >= 0.6 is 0 Å². The first-order valence-corrected chi connectivity index (χ1v) is 10.1. The molecule has 0 unspecified atom stereocenters. The molecule has 6 nitrogen and oxygen atoms in total. The zero-order valence-electron chi connectivity index (χ0n) is 14.2. The van der Waals surface area contributed by atoms with Crippen LogP contribution in [0.2, 0.25) is 0 Å². The second-order valence-electron chi connectivity index (χ2n) is 6.34. The highest BCUT2D eigenvalue weighted by molar-refractivity contribution is 7.91. The van der Waals surface area contributed by atoms with E-state index >= 15 is 0 Å². The van der Waals surface area contributed by atoms with Gasteiger partial charge in [0.25, 0.3) is 0 Å². The molecule has 1 aliphatic rings. The minimum absolute atomic E-state index is 0.148. The van der Waals surface area contributed by atoms with Crippen molar-refractivity contribution in [3.05, 3.63) is 48.0 Å². The van der Waals surface area contributed by atoms with E-state index in [4.69, 9.17) is 0 Å². The summed E-state index contributed by atoms with van der Waals surface area (Å²) < 4.78 is 36.6. The molecule has 1 aliphatic heterocycles. The predicted octanol–water partition coefficient (Wildman–Crippen LogP) is 2.37. The summed E-state index contributed by atoms with van der Waals surface area (Å²) in [6, 6.07) is 8.15. The number of hydrogen-bond donors (Lipinski definition) is 0. The van der Waals surface area contributed by atoms with Crippen LogP contribution in [-0.4, -0.2) is 48.0 Å². The SMILES string of the molecule is Cc1nc(-c2ccc(N3CCS(=O)(=O)CC3)nc2)nc2cc(F)ccc12. The number of nitrogens with zero attached hydrogens (tertiary/aromatic N) is 4. The summed E-state index contributed by atoms with van der Waals surface area (Å²) >= 11 is 0. The van der Waals surface area contributed by atoms with Gasteiger partial charge in [0.2, 0.25) is 0 Å². The minimum atomic E-state index is -2.92. The molecule has 0 spiro atoms. The van der Waals surface area contributed by atoms with Crippen molar-refractivity contribution in [2.24, 2.45) is 0 Å². The summed E-state index contributed by atoms with van der Waals surface area (Å²) in [7, 11) is -2.92. The van der Waals surface area contributed by atoms with E-state index in [1.807, 2.05) is 24.0 Å². The summed E-state index contributed by atoms with van der Waals surface area (Å²) in [6.45, 7) is 2.75. The first-order valence-electron chi connectivity index (χ1n) is 8.27. The van der Waals surface area contributed by atoms with Crippen molar-refractivity contribution in [3.63, 3.8) is 0 Å². The van der Waals surface area contributed by atoms with Crippen LogP contribution in [0.3, 0.4) is 0 Å². The van der Waals surface area contributed by atoms with Crippen molar-refractivity contribution < 1.29 is 12.8 Å². The van der Waals surface area contributed by atoms with Crippen molar-refractivity contribution >= 4 is 26.6 Å². The number of anilines is 1. The van der Waals surface area contributed by atoms with Gasteiger partial charge in [0.1, 0.15) is 11.6 Å². The maximum absolute atomic E-state index is 13.5. The third-order valence-corrected chi connectivity index (χ3v) is 6.13. The van der Waals surface area contributed by atoms with E-state index in [0.29, 0.717) is 24.4 Å². The molecule has 4 rings (SSSR count). The number of aromatic nitrogens is 3. The monoisotopic (exact) mass is 372 g/mol. The number of benzene rings is 1. The van der Waals surface area contributed by atoms with Gasteiger partial charge in [-0.05, 0) is 31.2 Å². The molecule has 1 aromatic carbocycles. The smallest absolute Gasteiger partial charge is 0.161 e. The first kappa shape index (κ1) is 16.8. The Labute approximate surface area is 150 Å². The Hall–Kier alpha value is -2.61. The summed E-state index contributed by atoms with van der Waals surface area (Å²) in [4.78, 5) is 15.3. The Balaban J connectivity index is 1.64. The second kappa shape index (κ2) is 6.28. The standard InChI is InChI=1S/C18H17FN4O2S/c1-12-15-4-3-14(19)10-16(15)22-18(21-12)13-2-5-17(20-11-13)23-6-8-26(24,25)9-7-23/h2-5,10-11H,6-9H2,1H3. The van der Waals surface area contributed by atoms with E-state index in [0.717, 1.165) is 22.5 Å². The molecule has 0 N–H and O–H groups in total. The molecule has 26 heavy (non-hydrogen) atoms. The van der Waals surface area contributed by atoms with Gasteiger partial charge in [-0.15, -0.1) is 0 Å². The Morgan fingerprint density at radius 3 is 2.54 bits per heavy atom. The minimum Gasteiger partial charge on any atom is -0.355 e. The van der Waals surface area contributed by atoms with Gasteiger partial charge in [0.15, 0.2) is 15.7 Å². The maximum atomic E-state index is 13.5. The van der Waals surface area contributed by atoms with Gasteiger partial charge in [0, 0.05) is 42.0 Å². The molecule has 0 atom stereocenters. The lowest BCUT2D eigenvalue weighted by Crippen LogP contribution is -2.40. The van der Waals surface area contributed by atoms with E-state index in [9.17, 15) is 12.8 Å². The van der Waals surface area contributed by atoms with E-state index in [-0.39, 0.29) is 17.3 Å². The lowest BCUT2D eigenvalue weighted by Gasteiger charge is -2.27. The van der Waals surface area contributed by atoms with Gasteiger partial charge in [-0.3, -0.25) is 0 Å². The van der Waals surface area contributed by atoms with Crippen molar-refractivity contribution in [2.45, 2.75) is 6.92 Å². The van der Waals surface area contributed by atoms with Gasteiger partial charge < -0.3 is 4.90 Å². The Morgan fingerprint density at radius 2 is 1.85 bits per heavy atom. The molecule has 0 radical (unpaired) electrons. The number of rotatable bonds is 2. The molecule has 2 aromatic heterocycles. The van der Waals surface area contributed by atoms with Crippen LogP contribution in [0.15, 0.2) is 36.5 Å². The molecule has 0 aliphatic carbocycles. The van der Waals surface area contributed by atoms with Gasteiger partial charge in [0.05, 0.1) is 17.0 Å². The summed E-state index contributed by atoms with van der Waals surface area (Å²) in [5.74, 6) is 1.17. The third kappa shape index (κ3) is 3.24. The fourth-order valence-electron chi connectivity index (χ4n) is 3.04. The highest BCUT2D eigenvalue weighted by atomic mass is 32.2. The van der Waals surface area contributed by atoms with Crippen LogP contribution in [0.1, 0.15) is 5.69 Å². The molecule has 1 saturated heterocycles. The van der Waals surface area contributed by atoms with Gasteiger partial charge >= 0.3 is 0 Å². The Kier molecular flexibility index (Phi) is 4.07. The number of halogens is 1. The maximum Gasteiger partial charge on any atom is 0.161 e. The summed E-state index contributed by atoms with van der Waals surface area (Å²) in [5, 5.41) is 0.814. The van der Waals surface area contributed by atoms with Crippen LogP contribution in [-0.2, 0) is 9.84 Å². The van der Waals surface area contributed by atoms with Gasteiger partial charge in [-0.1, -0.05) is 0 Å². The van der Waals surface area contributed by atoms with Gasteiger partial charge in [-0.25, -0.2) is 27.8 Å². The zero-order chi connectivity index (χ0) is 18.3. The largest absolute Gasteiger partial charge is 0.355 e.